The van der Waals surface area contributed by atoms with E-state index in [9.17, 15) is 19.5 Å². The monoisotopic (exact) mass is 456 g/mol. The first-order chi connectivity index (χ1) is 16.3. The molecular formula is C28H28N2O4. The van der Waals surface area contributed by atoms with Crippen molar-refractivity contribution in [1.82, 2.24) is 0 Å². The van der Waals surface area contributed by atoms with E-state index in [1.807, 2.05) is 43.3 Å². The van der Waals surface area contributed by atoms with Gasteiger partial charge in [0.05, 0.1) is 11.5 Å². The second-order valence-electron chi connectivity index (χ2n) is 9.10. The van der Waals surface area contributed by atoms with Gasteiger partial charge in [-0.3, -0.25) is 14.4 Å². The zero-order chi connectivity index (χ0) is 24.3. The van der Waals surface area contributed by atoms with Crippen LogP contribution < -0.4 is 10.6 Å². The lowest BCUT2D eigenvalue weighted by Crippen LogP contribution is -2.56. The molecule has 1 saturated carbocycles. The van der Waals surface area contributed by atoms with Crippen molar-refractivity contribution in [3.05, 3.63) is 96.1 Å². The molecule has 3 aromatic rings. The lowest BCUT2D eigenvalue weighted by molar-refractivity contribution is -0.150. The van der Waals surface area contributed by atoms with Crippen molar-refractivity contribution < 1.29 is 19.5 Å². The number of para-hydroxylation sites is 2. The number of amides is 2. The summed E-state index contributed by atoms with van der Waals surface area (Å²) in [5.41, 5.74) is 1.17. The lowest BCUT2D eigenvalue weighted by atomic mass is 9.61. The molecule has 3 N–H and O–H groups in total. The number of ketones is 1. The number of anilines is 2. The largest absolute Gasteiger partial charge is 0.389 e. The minimum atomic E-state index is -1.63. The van der Waals surface area contributed by atoms with Crippen LogP contribution in [0.25, 0.3) is 0 Å². The van der Waals surface area contributed by atoms with Crippen LogP contribution in [-0.4, -0.2) is 28.3 Å². The Morgan fingerprint density at radius 3 is 1.85 bits per heavy atom. The normalized spacial score (nSPS) is 24.3. The third kappa shape index (κ3) is 4.92. The predicted octanol–water partition coefficient (Wildman–Crippen LogP) is 4.31. The van der Waals surface area contributed by atoms with Crippen LogP contribution >= 0.6 is 0 Å². The highest BCUT2D eigenvalue weighted by Crippen LogP contribution is 2.46. The first-order valence-electron chi connectivity index (χ1n) is 11.3. The number of carbonyl (C=O) groups is 3. The van der Waals surface area contributed by atoms with Crippen molar-refractivity contribution in [1.29, 1.82) is 0 Å². The lowest BCUT2D eigenvalue weighted by Gasteiger charge is -2.44. The number of aryl methyl sites for hydroxylation is 1. The maximum Gasteiger partial charge on any atom is 0.235 e. The van der Waals surface area contributed by atoms with Gasteiger partial charge in [-0.25, -0.2) is 0 Å². The van der Waals surface area contributed by atoms with Crippen LogP contribution in [-0.2, 0) is 14.4 Å². The van der Waals surface area contributed by atoms with Crippen molar-refractivity contribution in [2.24, 2.45) is 11.8 Å². The summed E-state index contributed by atoms with van der Waals surface area (Å²) < 4.78 is 0. The Balaban J connectivity index is 1.76. The van der Waals surface area contributed by atoms with Crippen LogP contribution in [0.2, 0.25) is 0 Å². The Kier molecular flexibility index (Phi) is 6.61. The van der Waals surface area contributed by atoms with Gasteiger partial charge in [0.15, 0.2) is 0 Å². The van der Waals surface area contributed by atoms with Gasteiger partial charge >= 0.3 is 0 Å². The van der Waals surface area contributed by atoms with E-state index in [4.69, 9.17) is 0 Å². The molecule has 0 heterocycles. The van der Waals surface area contributed by atoms with Gasteiger partial charge in [0.1, 0.15) is 11.7 Å². The molecule has 2 amide bonds. The van der Waals surface area contributed by atoms with Crippen LogP contribution in [0.15, 0.2) is 84.9 Å². The van der Waals surface area contributed by atoms with Crippen LogP contribution in [0.1, 0.15) is 30.4 Å². The SMILES string of the molecule is Cc1ccc([C@H]2[C@@H](C(=O)Nc3ccccc3)C(=O)C[C@@](C)(O)[C@@H]2C(=O)Nc2ccccc2)cc1. The van der Waals surface area contributed by atoms with E-state index in [-0.39, 0.29) is 6.42 Å². The van der Waals surface area contributed by atoms with E-state index in [2.05, 4.69) is 10.6 Å². The summed E-state index contributed by atoms with van der Waals surface area (Å²) in [5.74, 6) is -4.33. The molecule has 0 aromatic heterocycles. The third-order valence-electron chi connectivity index (χ3n) is 6.38. The Morgan fingerprint density at radius 1 is 0.824 bits per heavy atom. The Bertz CT molecular complexity index is 1170. The molecule has 0 bridgehead atoms. The van der Waals surface area contributed by atoms with Crippen molar-refractivity contribution in [2.75, 3.05) is 10.6 Å². The summed E-state index contributed by atoms with van der Waals surface area (Å²) in [6.07, 6.45) is -0.297. The van der Waals surface area contributed by atoms with Gasteiger partial charge in [0.25, 0.3) is 0 Å². The average molecular weight is 457 g/mol. The number of benzene rings is 3. The molecule has 4 atom stereocenters. The molecule has 0 aliphatic heterocycles. The van der Waals surface area contributed by atoms with Crippen molar-refractivity contribution in [3.8, 4) is 0 Å². The van der Waals surface area contributed by atoms with Crippen molar-refractivity contribution >= 4 is 29.0 Å². The van der Waals surface area contributed by atoms with Gasteiger partial charge in [-0.05, 0) is 43.7 Å². The zero-order valence-corrected chi connectivity index (χ0v) is 19.2. The maximum atomic E-state index is 13.6. The third-order valence-corrected chi connectivity index (χ3v) is 6.38. The van der Waals surface area contributed by atoms with Gasteiger partial charge in [-0.2, -0.15) is 0 Å². The smallest absolute Gasteiger partial charge is 0.235 e. The van der Waals surface area contributed by atoms with E-state index in [1.165, 1.54) is 6.92 Å². The molecule has 0 radical (unpaired) electrons. The van der Waals surface area contributed by atoms with E-state index in [0.717, 1.165) is 5.56 Å². The summed E-state index contributed by atoms with van der Waals surface area (Å²) in [6, 6.07) is 25.2. The minimum absolute atomic E-state index is 0.297. The molecule has 1 fully saturated rings. The van der Waals surface area contributed by atoms with Gasteiger partial charge in [0.2, 0.25) is 11.8 Å². The van der Waals surface area contributed by atoms with Crippen molar-refractivity contribution in [3.63, 3.8) is 0 Å². The Hall–Kier alpha value is -3.77. The molecule has 0 saturated heterocycles. The zero-order valence-electron chi connectivity index (χ0n) is 19.2. The molecule has 3 aromatic carbocycles. The van der Waals surface area contributed by atoms with E-state index < -0.39 is 41.0 Å². The molecule has 174 valence electrons. The van der Waals surface area contributed by atoms with Crippen LogP contribution in [0, 0.1) is 18.8 Å². The van der Waals surface area contributed by atoms with Gasteiger partial charge < -0.3 is 15.7 Å². The van der Waals surface area contributed by atoms with Gasteiger partial charge in [-0.15, -0.1) is 0 Å². The van der Waals surface area contributed by atoms with E-state index in [1.54, 1.807) is 48.5 Å². The molecule has 6 heteroatoms. The summed E-state index contributed by atoms with van der Waals surface area (Å²) in [7, 11) is 0. The number of Topliss-reactive ketones (excluding diaryl/α,β-unsaturated/α-hetero) is 1. The second kappa shape index (κ2) is 9.61. The summed E-state index contributed by atoms with van der Waals surface area (Å²) >= 11 is 0. The molecule has 6 nitrogen and oxygen atoms in total. The quantitative estimate of drug-likeness (QED) is 0.499. The standard InChI is InChI=1S/C28H28N2O4/c1-18-13-15-19(16-14-18)23-24(26(32)29-20-9-5-3-6-10-20)22(31)17-28(2,34)25(23)27(33)30-21-11-7-4-8-12-21/h3-16,23-25,34H,17H2,1-2H3,(H,29,32)(H,30,33)/t23-,24-,25-,28+/m0/s1. The fraction of sp³-hybridized carbons (Fsp3) is 0.250. The molecule has 1 aliphatic carbocycles. The molecular weight excluding hydrogens is 428 g/mol. The average Bonchev–Trinajstić information content (AvgIpc) is 2.79. The molecule has 34 heavy (non-hydrogen) atoms. The first-order valence-corrected chi connectivity index (χ1v) is 11.3. The maximum absolute atomic E-state index is 13.6. The van der Waals surface area contributed by atoms with Crippen molar-refractivity contribution in [2.45, 2.75) is 31.8 Å². The van der Waals surface area contributed by atoms with Crippen LogP contribution in [0.5, 0.6) is 0 Å². The Morgan fingerprint density at radius 2 is 1.32 bits per heavy atom. The summed E-state index contributed by atoms with van der Waals surface area (Å²) in [6.45, 7) is 3.43. The highest BCUT2D eigenvalue weighted by atomic mass is 16.3. The van der Waals surface area contributed by atoms with Gasteiger partial charge in [0, 0.05) is 23.7 Å². The molecule has 4 rings (SSSR count). The number of rotatable bonds is 5. The number of aliphatic hydroxyl groups is 1. The highest BCUT2D eigenvalue weighted by Gasteiger charge is 2.55. The summed E-state index contributed by atoms with van der Waals surface area (Å²) in [5, 5.41) is 17.0. The van der Waals surface area contributed by atoms with E-state index >= 15 is 0 Å². The first kappa shape index (κ1) is 23.4. The minimum Gasteiger partial charge on any atom is -0.389 e. The summed E-state index contributed by atoms with van der Waals surface area (Å²) in [4.78, 5) is 40.2. The van der Waals surface area contributed by atoms with E-state index in [0.29, 0.717) is 16.9 Å². The van der Waals surface area contributed by atoms with Crippen LogP contribution in [0.4, 0.5) is 11.4 Å². The number of hydrogen-bond donors (Lipinski definition) is 3. The fourth-order valence-electron chi connectivity index (χ4n) is 4.76. The number of nitrogens with one attached hydrogen (secondary N) is 2. The predicted molar refractivity (Wildman–Crippen MR) is 131 cm³/mol. The topological polar surface area (TPSA) is 95.5 Å². The molecule has 0 spiro atoms. The Labute approximate surface area is 199 Å². The molecule has 1 aliphatic rings. The highest BCUT2D eigenvalue weighted by molar-refractivity contribution is 6.10. The van der Waals surface area contributed by atoms with Crippen LogP contribution in [0.3, 0.4) is 0 Å². The number of hydrogen-bond acceptors (Lipinski definition) is 4. The fourth-order valence-corrected chi connectivity index (χ4v) is 4.76. The second-order valence-corrected chi connectivity index (χ2v) is 9.10. The van der Waals surface area contributed by atoms with Gasteiger partial charge in [-0.1, -0.05) is 66.2 Å². The molecule has 0 unspecified atom stereocenters. The number of carbonyl (C=O) groups excluding carboxylic acids is 3.